The highest BCUT2D eigenvalue weighted by atomic mass is 32.2. The molecule has 1 aliphatic carbocycles. The highest BCUT2D eigenvalue weighted by Gasteiger charge is 2.38. The van der Waals surface area contributed by atoms with E-state index in [-0.39, 0.29) is 18.6 Å². The zero-order valence-corrected chi connectivity index (χ0v) is 12.1. The molecule has 0 fully saturated rings. The first-order valence-electron chi connectivity index (χ1n) is 5.47. The molecule has 19 heavy (non-hydrogen) atoms. The summed E-state index contributed by atoms with van der Waals surface area (Å²) in [5.41, 5.74) is -0.575. The third-order valence-corrected chi connectivity index (χ3v) is 4.30. The van der Waals surface area contributed by atoms with E-state index in [0.29, 0.717) is 11.1 Å². The number of nitrogens with zero attached hydrogens (tertiary/aromatic N) is 1. The minimum Gasteiger partial charge on any atom is -0.510 e. The molecule has 0 aromatic heterocycles. The van der Waals surface area contributed by atoms with Crippen LogP contribution in [0.3, 0.4) is 0 Å². The normalized spacial score (nSPS) is 24.1. The van der Waals surface area contributed by atoms with Crippen molar-refractivity contribution in [1.82, 2.24) is 0 Å². The Morgan fingerprint density at radius 2 is 2.05 bits per heavy atom. The molecule has 0 radical (unpaired) electrons. The van der Waals surface area contributed by atoms with Crippen LogP contribution in [0.5, 0.6) is 0 Å². The van der Waals surface area contributed by atoms with Gasteiger partial charge < -0.3 is 5.11 Å². The second-order valence-electron chi connectivity index (χ2n) is 4.41. The summed E-state index contributed by atoms with van der Waals surface area (Å²) < 4.78 is 55.7. The van der Waals surface area contributed by atoms with Gasteiger partial charge in [-0.05, 0) is 30.6 Å². The molecular weight excluding hydrogens is 294 g/mol. The first kappa shape index (κ1) is 15.9. The van der Waals surface area contributed by atoms with Crippen molar-refractivity contribution in [2.45, 2.75) is 32.2 Å². The maximum absolute atomic E-state index is 10.9. The Morgan fingerprint density at radius 1 is 1.47 bits per heavy atom. The molecule has 0 aliphatic heterocycles. The maximum atomic E-state index is 10.9. The van der Waals surface area contributed by atoms with Crippen molar-refractivity contribution in [3.63, 3.8) is 0 Å². The molecule has 0 heterocycles. The van der Waals surface area contributed by atoms with Crippen molar-refractivity contribution >= 4 is 20.6 Å². The van der Waals surface area contributed by atoms with Gasteiger partial charge in [-0.3, -0.25) is 4.55 Å². The minimum atomic E-state index is -4.23. The average molecular weight is 309 g/mol. The van der Waals surface area contributed by atoms with Gasteiger partial charge in [-0.2, -0.15) is 21.2 Å². The van der Waals surface area contributed by atoms with E-state index in [0.717, 1.165) is 0 Å². The summed E-state index contributed by atoms with van der Waals surface area (Å²) in [6.45, 7) is 3.20. The van der Waals surface area contributed by atoms with Gasteiger partial charge in [0, 0.05) is 6.42 Å². The second kappa shape index (κ2) is 5.43. The molecule has 1 aliphatic rings. The molecule has 1 unspecified atom stereocenters. The van der Waals surface area contributed by atoms with Gasteiger partial charge in [0.25, 0.3) is 10.1 Å². The summed E-state index contributed by atoms with van der Waals surface area (Å²) in [7, 11) is -6.96. The summed E-state index contributed by atoms with van der Waals surface area (Å²) in [6, 6.07) is 0. The molecule has 0 bridgehead atoms. The molecule has 1 atom stereocenters. The largest absolute Gasteiger partial charge is 0.510 e. The van der Waals surface area contributed by atoms with Crippen LogP contribution in [0, 0.1) is 0 Å². The average Bonchev–Trinajstić information content (AvgIpc) is 2.22. The number of hydrogen-bond acceptors (Lipinski definition) is 6. The fourth-order valence-corrected chi connectivity index (χ4v) is 3.34. The Bertz CT molecular complexity index is 663. The predicted molar refractivity (Wildman–Crippen MR) is 68.8 cm³/mol. The third kappa shape index (κ3) is 3.88. The van der Waals surface area contributed by atoms with Gasteiger partial charge in [-0.1, -0.05) is 6.92 Å². The van der Waals surface area contributed by atoms with Crippen LogP contribution in [0.4, 0.5) is 0 Å². The number of hydrogen-bond donors (Lipinski definition) is 2. The van der Waals surface area contributed by atoms with E-state index in [4.69, 9.17) is 4.55 Å². The molecule has 0 spiro atoms. The highest BCUT2D eigenvalue weighted by molar-refractivity contribution is 7.86. The molecule has 0 aromatic rings. The topological polar surface area (TPSA) is 121 Å². The number of aliphatic hydroxyl groups is 1. The molecule has 0 amide bonds. The quantitative estimate of drug-likeness (QED) is 0.754. The van der Waals surface area contributed by atoms with E-state index in [2.05, 4.69) is 4.36 Å². The standard InChI is InChI=1S/C10H15NO6S2/c1-3-10(11-18(13)14)5-8(6-19(15,16)17)7(2)4-9(10)12/h4,12H,3,5-6H2,1-2H3,(H,15,16,17). The molecule has 9 heteroatoms. The fourth-order valence-electron chi connectivity index (χ4n) is 2.00. The van der Waals surface area contributed by atoms with E-state index >= 15 is 0 Å². The van der Waals surface area contributed by atoms with E-state index in [1.165, 1.54) is 6.08 Å². The van der Waals surface area contributed by atoms with Crippen LogP contribution >= 0.6 is 0 Å². The Balaban J connectivity index is 3.33. The maximum Gasteiger partial charge on any atom is 0.312 e. The lowest BCUT2D eigenvalue weighted by atomic mass is 9.81. The minimum absolute atomic E-state index is 0.0641. The van der Waals surface area contributed by atoms with Crippen LogP contribution in [0.15, 0.2) is 27.3 Å². The Labute approximate surface area is 113 Å². The van der Waals surface area contributed by atoms with Crippen LogP contribution in [-0.2, 0) is 20.6 Å². The van der Waals surface area contributed by atoms with Crippen LogP contribution in [0.1, 0.15) is 26.7 Å². The van der Waals surface area contributed by atoms with Crippen molar-refractivity contribution < 1.29 is 26.5 Å². The van der Waals surface area contributed by atoms with Crippen molar-refractivity contribution in [3.05, 3.63) is 23.0 Å². The van der Waals surface area contributed by atoms with Crippen molar-refractivity contribution in [3.8, 4) is 0 Å². The zero-order chi connectivity index (χ0) is 14.8. The molecule has 0 aromatic carbocycles. The smallest absolute Gasteiger partial charge is 0.312 e. The molecule has 108 valence electrons. The van der Waals surface area contributed by atoms with Crippen LogP contribution in [0.25, 0.3) is 0 Å². The Hall–Kier alpha value is -1.19. The molecule has 1 rings (SSSR count). The van der Waals surface area contributed by atoms with Crippen LogP contribution < -0.4 is 0 Å². The van der Waals surface area contributed by atoms with Crippen molar-refractivity contribution in [2.75, 3.05) is 5.75 Å². The van der Waals surface area contributed by atoms with E-state index in [1.807, 2.05) is 0 Å². The first-order valence-corrected chi connectivity index (χ1v) is 8.11. The number of rotatable bonds is 4. The van der Waals surface area contributed by atoms with Gasteiger partial charge in [0.05, 0.1) is 5.75 Å². The highest BCUT2D eigenvalue weighted by Crippen LogP contribution is 2.37. The SMILES string of the molecule is CCC1(N=S(=O)=O)CC(CS(=O)(=O)O)=C(C)C=C1O. The summed E-state index contributed by atoms with van der Waals surface area (Å²) in [5, 5.41) is 9.90. The summed E-state index contributed by atoms with van der Waals surface area (Å²) >= 11 is 0. The lowest BCUT2D eigenvalue weighted by Crippen LogP contribution is -2.33. The summed E-state index contributed by atoms with van der Waals surface area (Å²) in [5.74, 6) is -0.832. The third-order valence-electron chi connectivity index (χ3n) is 3.08. The van der Waals surface area contributed by atoms with Crippen molar-refractivity contribution in [1.29, 1.82) is 0 Å². The summed E-state index contributed by atoms with van der Waals surface area (Å²) in [6.07, 6.45) is 1.40. The van der Waals surface area contributed by atoms with Gasteiger partial charge in [0.1, 0.15) is 11.3 Å². The monoisotopic (exact) mass is 309 g/mol. The fraction of sp³-hybridized carbons (Fsp3) is 0.600. The molecular formula is C10H15NO6S2. The van der Waals surface area contributed by atoms with Gasteiger partial charge in [0.15, 0.2) is 0 Å². The molecule has 7 nitrogen and oxygen atoms in total. The van der Waals surface area contributed by atoms with Crippen LogP contribution in [-0.4, -0.2) is 37.8 Å². The predicted octanol–water partition coefficient (Wildman–Crippen LogP) is 1.25. The van der Waals surface area contributed by atoms with Gasteiger partial charge >= 0.3 is 10.5 Å². The Morgan fingerprint density at radius 3 is 2.47 bits per heavy atom. The van der Waals surface area contributed by atoms with Gasteiger partial charge in [-0.25, -0.2) is 0 Å². The van der Waals surface area contributed by atoms with E-state index in [9.17, 15) is 21.9 Å². The molecule has 2 N–H and O–H groups in total. The van der Waals surface area contributed by atoms with Crippen molar-refractivity contribution in [2.24, 2.45) is 4.36 Å². The summed E-state index contributed by atoms with van der Waals surface area (Å²) in [4.78, 5) is 0. The van der Waals surface area contributed by atoms with Crippen LogP contribution in [0.2, 0.25) is 0 Å². The van der Waals surface area contributed by atoms with Gasteiger partial charge in [0.2, 0.25) is 0 Å². The second-order valence-corrected chi connectivity index (χ2v) is 6.48. The molecule has 0 saturated heterocycles. The lowest BCUT2D eigenvalue weighted by Gasteiger charge is -2.31. The lowest BCUT2D eigenvalue weighted by molar-refractivity contribution is 0.283. The zero-order valence-electron chi connectivity index (χ0n) is 10.5. The van der Waals surface area contributed by atoms with E-state index in [1.54, 1.807) is 13.8 Å². The number of aliphatic hydroxyl groups excluding tert-OH is 1. The van der Waals surface area contributed by atoms with Gasteiger partial charge in [-0.15, -0.1) is 0 Å². The molecule has 0 saturated carbocycles. The first-order chi connectivity index (χ1) is 8.59. The van der Waals surface area contributed by atoms with E-state index < -0.39 is 31.9 Å². The Kier molecular flexibility index (Phi) is 4.54. The number of allylic oxidation sites excluding steroid dienone is 2.